The zero-order valence-electron chi connectivity index (χ0n) is 11.7. The van der Waals surface area contributed by atoms with Crippen molar-refractivity contribution in [3.05, 3.63) is 47.8 Å². The van der Waals surface area contributed by atoms with Crippen LogP contribution in [0, 0.1) is 5.82 Å². The predicted molar refractivity (Wildman–Crippen MR) is 74.9 cm³/mol. The molecule has 0 aliphatic carbocycles. The van der Waals surface area contributed by atoms with Crippen molar-refractivity contribution in [1.29, 1.82) is 0 Å². The first-order valence-corrected chi connectivity index (χ1v) is 7.04. The quantitative estimate of drug-likeness (QED) is 0.856. The minimum atomic E-state index is -0.208. The summed E-state index contributed by atoms with van der Waals surface area (Å²) in [5.74, 6) is 0.799. The highest BCUT2D eigenvalue weighted by molar-refractivity contribution is 5.16. The third-order valence-electron chi connectivity index (χ3n) is 4.03. The molecule has 0 spiro atoms. The zero-order valence-corrected chi connectivity index (χ0v) is 11.7. The largest absolute Gasteiger partial charge is 0.303 e. The average molecular weight is 274 g/mol. The lowest BCUT2D eigenvalue weighted by Crippen LogP contribution is -2.28. The van der Waals surface area contributed by atoms with Crippen molar-refractivity contribution in [3.8, 4) is 0 Å². The van der Waals surface area contributed by atoms with E-state index in [1.165, 1.54) is 25.0 Å². The van der Waals surface area contributed by atoms with Gasteiger partial charge in [0.25, 0.3) is 0 Å². The summed E-state index contributed by atoms with van der Waals surface area (Å²) in [6.45, 7) is 1.81. The molecule has 1 unspecified atom stereocenters. The second-order valence-electron chi connectivity index (χ2n) is 5.44. The summed E-state index contributed by atoms with van der Waals surface area (Å²) in [5, 5.41) is 4.29. The summed E-state index contributed by atoms with van der Waals surface area (Å²) < 4.78 is 14.8. The molecule has 5 heteroatoms. The molecule has 3 rings (SSSR count). The van der Waals surface area contributed by atoms with Crippen LogP contribution in [0.15, 0.2) is 30.6 Å². The summed E-state index contributed by atoms with van der Waals surface area (Å²) in [6.07, 6.45) is 5.01. The van der Waals surface area contributed by atoms with Crippen molar-refractivity contribution in [1.82, 2.24) is 19.7 Å². The number of hydrogen-bond acceptors (Lipinski definition) is 3. The number of likely N-dealkylation sites (tertiary alicyclic amines) is 1. The zero-order chi connectivity index (χ0) is 13.9. The highest BCUT2D eigenvalue weighted by atomic mass is 19.1. The second-order valence-corrected chi connectivity index (χ2v) is 5.44. The fourth-order valence-corrected chi connectivity index (χ4v) is 2.79. The first-order chi connectivity index (χ1) is 9.72. The Balaban J connectivity index is 1.71. The predicted octanol–water partition coefficient (Wildman–Crippen LogP) is 2.10. The Labute approximate surface area is 118 Å². The van der Waals surface area contributed by atoms with Crippen LogP contribution >= 0.6 is 0 Å². The van der Waals surface area contributed by atoms with Crippen molar-refractivity contribution in [2.75, 3.05) is 13.6 Å². The molecule has 0 bridgehead atoms. The molecule has 1 aliphatic heterocycles. The van der Waals surface area contributed by atoms with Crippen LogP contribution in [0.4, 0.5) is 4.39 Å². The maximum Gasteiger partial charge on any atom is 0.138 e. The highest BCUT2D eigenvalue weighted by Gasteiger charge is 2.23. The van der Waals surface area contributed by atoms with Gasteiger partial charge in [0.15, 0.2) is 0 Å². The minimum absolute atomic E-state index is 0.208. The summed E-state index contributed by atoms with van der Waals surface area (Å²) in [6, 6.07) is 7.12. The van der Waals surface area contributed by atoms with E-state index in [0.717, 1.165) is 24.4 Å². The summed E-state index contributed by atoms with van der Waals surface area (Å²) >= 11 is 0. The molecular formula is C15H19FN4. The summed E-state index contributed by atoms with van der Waals surface area (Å²) in [7, 11) is 2.17. The fraction of sp³-hybridized carbons (Fsp3) is 0.467. The van der Waals surface area contributed by atoms with Gasteiger partial charge in [-0.15, -0.1) is 0 Å². The van der Waals surface area contributed by atoms with Crippen molar-refractivity contribution in [2.24, 2.45) is 0 Å². The molecule has 1 saturated heterocycles. The Morgan fingerprint density at radius 3 is 2.80 bits per heavy atom. The Hall–Kier alpha value is -1.75. The van der Waals surface area contributed by atoms with Gasteiger partial charge in [-0.25, -0.2) is 14.1 Å². The number of benzene rings is 1. The molecular weight excluding hydrogens is 255 g/mol. The van der Waals surface area contributed by atoms with Gasteiger partial charge in [0.2, 0.25) is 0 Å². The lowest BCUT2D eigenvalue weighted by atomic mass is 10.1. The van der Waals surface area contributed by atoms with Gasteiger partial charge >= 0.3 is 0 Å². The second kappa shape index (κ2) is 5.71. The van der Waals surface area contributed by atoms with Crippen LogP contribution in [-0.2, 0) is 13.0 Å². The van der Waals surface area contributed by atoms with E-state index >= 15 is 0 Å². The lowest BCUT2D eigenvalue weighted by molar-refractivity contribution is 0.303. The summed E-state index contributed by atoms with van der Waals surface area (Å²) in [5.41, 5.74) is 1.04. The van der Waals surface area contributed by atoms with E-state index in [9.17, 15) is 4.39 Å². The molecule has 1 atom stereocenters. The average Bonchev–Trinajstić information content (AvgIpc) is 3.04. The van der Waals surface area contributed by atoms with E-state index < -0.39 is 0 Å². The molecule has 106 valence electrons. The van der Waals surface area contributed by atoms with Crippen molar-refractivity contribution < 1.29 is 4.39 Å². The molecule has 0 amide bonds. The topological polar surface area (TPSA) is 34.0 Å². The molecule has 2 aromatic rings. The molecule has 0 N–H and O–H groups in total. The van der Waals surface area contributed by atoms with Gasteiger partial charge in [0, 0.05) is 12.5 Å². The monoisotopic (exact) mass is 274 g/mol. The third-order valence-corrected chi connectivity index (χ3v) is 4.03. The van der Waals surface area contributed by atoms with Gasteiger partial charge in [-0.3, -0.25) is 0 Å². The van der Waals surface area contributed by atoms with Gasteiger partial charge in [-0.1, -0.05) is 12.1 Å². The van der Waals surface area contributed by atoms with Crippen LogP contribution in [-0.4, -0.2) is 39.3 Å². The van der Waals surface area contributed by atoms with E-state index in [4.69, 9.17) is 0 Å². The van der Waals surface area contributed by atoms with Crippen LogP contribution in [0.2, 0.25) is 0 Å². The first kappa shape index (κ1) is 13.2. The van der Waals surface area contributed by atoms with Crippen LogP contribution in [0.5, 0.6) is 0 Å². The van der Waals surface area contributed by atoms with Crippen LogP contribution in [0.25, 0.3) is 0 Å². The number of aromatic nitrogens is 3. The SMILES string of the molecule is CN1CCCC1Cc1ncnn1Cc1ccc(F)cc1. The van der Waals surface area contributed by atoms with E-state index in [0.29, 0.717) is 12.6 Å². The van der Waals surface area contributed by atoms with Gasteiger partial charge < -0.3 is 4.90 Å². The normalized spacial score (nSPS) is 19.6. The van der Waals surface area contributed by atoms with E-state index in [1.807, 2.05) is 4.68 Å². The van der Waals surface area contributed by atoms with Gasteiger partial charge in [-0.2, -0.15) is 5.10 Å². The number of likely N-dealkylation sites (N-methyl/N-ethyl adjacent to an activating group) is 1. The Morgan fingerprint density at radius 2 is 2.10 bits per heavy atom. The molecule has 20 heavy (non-hydrogen) atoms. The van der Waals surface area contributed by atoms with Gasteiger partial charge in [0.1, 0.15) is 18.0 Å². The van der Waals surface area contributed by atoms with E-state index in [1.54, 1.807) is 18.5 Å². The maximum absolute atomic E-state index is 12.9. The number of rotatable bonds is 4. The molecule has 1 aliphatic rings. The van der Waals surface area contributed by atoms with Crippen LogP contribution in [0.3, 0.4) is 0 Å². The number of hydrogen-bond donors (Lipinski definition) is 0. The minimum Gasteiger partial charge on any atom is -0.303 e. The van der Waals surface area contributed by atoms with Crippen LogP contribution < -0.4 is 0 Å². The standard InChI is InChI=1S/C15H19FN4/c1-19-8-2-3-14(19)9-15-17-11-18-20(15)10-12-4-6-13(16)7-5-12/h4-7,11,14H,2-3,8-10H2,1H3. The van der Waals surface area contributed by atoms with Crippen molar-refractivity contribution in [3.63, 3.8) is 0 Å². The Kier molecular flexibility index (Phi) is 3.78. The molecule has 0 saturated carbocycles. The smallest absolute Gasteiger partial charge is 0.138 e. The van der Waals surface area contributed by atoms with Crippen molar-refractivity contribution >= 4 is 0 Å². The molecule has 1 aromatic heterocycles. The van der Waals surface area contributed by atoms with E-state index in [-0.39, 0.29) is 5.82 Å². The Bertz CT molecular complexity index is 564. The third kappa shape index (κ3) is 2.88. The number of nitrogens with zero attached hydrogens (tertiary/aromatic N) is 4. The molecule has 0 radical (unpaired) electrons. The number of halogens is 1. The molecule has 1 aromatic carbocycles. The molecule has 2 heterocycles. The van der Waals surface area contributed by atoms with Crippen molar-refractivity contribution in [2.45, 2.75) is 31.8 Å². The Morgan fingerprint density at radius 1 is 1.30 bits per heavy atom. The van der Waals surface area contributed by atoms with Crippen LogP contribution in [0.1, 0.15) is 24.2 Å². The van der Waals surface area contributed by atoms with Gasteiger partial charge in [-0.05, 0) is 44.1 Å². The fourth-order valence-electron chi connectivity index (χ4n) is 2.79. The highest BCUT2D eigenvalue weighted by Crippen LogP contribution is 2.18. The lowest BCUT2D eigenvalue weighted by Gasteiger charge is -2.19. The maximum atomic E-state index is 12.9. The molecule has 1 fully saturated rings. The van der Waals surface area contributed by atoms with Gasteiger partial charge in [0.05, 0.1) is 6.54 Å². The van der Waals surface area contributed by atoms with E-state index in [2.05, 4.69) is 22.0 Å². The summed E-state index contributed by atoms with van der Waals surface area (Å²) in [4.78, 5) is 6.76. The molecule has 4 nitrogen and oxygen atoms in total. The first-order valence-electron chi connectivity index (χ1n) is 7.04.